The summed E-state index contributed by atoms with van der Waals surface area (Å²) < 4.78 is 10.2. The van der Waals surface area contributed by atoms with Gasteiger partial charge in [-0.15, -0.1) is 0 Å². The first-order chi connectivity index (χ1) is 6.13. The first-order valence-corrected chi connectivity index (χ1v) is 5.88. The molecule has 2 N–H and O–H groups in total. The minimum Gasteiger partial charge on any atom is -0.481 e. The Morgan fingerprint density at radius 2 is 1.62 bits per heavy atom. The van der Waals surface area contributed by atoms with E-state index in [0.29, 0.717) is 12.6 Å². The van der Waals surface area contributed by atoms with Crippen LogP contribution in [0.1, 0.15) is 38.5 Å². The number of rotatable bonds is 8. The highest BCUT2D eigenvalue weighted by atomic mass is 31.1. The summed E-state index contributed by atoms with van der Waals surface area (Å²) in [5.74, 6) is -0.751. The number of hydrogen-bond donors (Lipinski definition) is 2. The fourth-order valence-electron chi connectivity index (χ4n) is 1.05. The molecule has 0 spiro atoms. The highest BCUT2D eigenvalue weighted by molar-refractivity contribution is 7.37. The third-order valence-corrected chi connectivity index (χ3v) is 2.44. The van der Waals surface area contributed by atoms with Crippen molar-refractivity contribution >= 4 is 14.0 Å². The molecule has 0 aromatic heterocycles. The largest absolute Gasteiger partial charge is 0.505 e. The maximum atomic E-state index is 10.2. The van der Waals surface area contributed by atoms with Crippen LogP contribution < -0.4 is 0 Å². The van der Waals surface area contributed by atoms with Gasteiger partial charge >= 0.3 is 14.0 Å². The number of unbranched alkanes of at least 4 members (excludes halogenated alkanes) is 4. The van der Waals surface area contributed by atoms with Crippen LogP contribution >= 0.6 is 8.03 Å². The molecule has 5 heteroatoms. The van der Waals surface area contributed by atoms with Crippen LogP contribution in [0.4, 0.5) is 0 Å². The third-order valence-electron chi connectivity index (χ3n) is 1.74. The average Bonchev–Trinajstić information content (AvgIpc) is 2.01. The van der Waals surface area contributed by atoms with Crippen LogP contribution in [0, 0.1) is 0 Å². The molecular formula is C8H16O4P+. The van der Waals surface area contributed by atoms with Crippen LogP contribution in [-0.2, 0) is 9.36 Å². The van der Waals surface area contributed by atoms with Gasteiger partial charge in [-0.3, -0.25) is 4.79 Å². The van der Waals surface area contributed by atoms with E-state index < -0.39 is 14.0 Å². The van der Waals surface area contributed by atoms with Gasteiger partial charge in [-0.2, -0.15) is 4.89 Å². The van der Waals surface area contributed by atoms with E-state index >= 15 is 0 Å². The molecule has 0 aliphatic carbocycles. The number of carboxylic acid groups (broad SMARTS) is 1. The Morgan fingerprint density at radius 3 is 2.15 bits per heavy atom. The van der Waals surface area contributed by atoms with Crippen molar-refractivity contribution in [3.05, 3.63) is 0 Å². The van der Waals surface area contributed by atoms with E-state index in [1.54, 1.807) is 0 Å². The summed E-state index contributed by atoms with van der Waals surface area (Å²) in [7, 11) is -1.98. The van der Waals surface area contributed by atoms with Crippen molar-refractivity contribution in [3.8, 4) is 0 Å². The van der Waals surface area contributed by atoms with Gasteiger partial charge in [0.15, 0.2) is 6.16 Å². The summed E-state index contributed by atoms with van der Waals surface area (Å²) in [6.07, 6.45) is 4.84. The van der Waals surface area contributed by atoms with Crippen LogP contribution in [0.2, 0.25) is 0 Å². The van der Waals surface area contributed by atoms with Crippen molar-refractivity contribution in [1.29, 1.82) is 0 Å². The van der Waals surface area contributed by atoms with Gasteiger partial charge in [0.2, 0.25) is 0 Å². The topological polar surface area (TPSA) is 74.6 Å². The molecule has 0 aliphatic heterocycles. The third kappa shape index (κ3) is 11.5. The summed E-state index contributed by atoms with van der Waals surface area (Å²) >= 11 is 0. The highest BCUT2D eigenvalue weighted by Gasteiger charge is 2.07. The first-order valence-electron chi connectivity index (χ1n) is 4.48. The molecule has 0 bridgehead atoms. The molecule has 0 saturated carbocycles. The summed E-state index contributed by atoms with van der Waals surface area (Å²) in [5.41, 5.74) is 0. The minimum absolute atomic E-state index is 0.230. The molecule has 0 heterocycles. The van der Waals surface area contributed by atoms with E-state index in [1.165, 1.54) is 0 Å². The van der Waals surface area contributed by atoms with Crippen LogP contribution in [0.3, 0.4) is 0 Å². The summed E-state index contributed by atoms with van der Waals surface area (Å²) in [6, 6.07) is 0. The number of hydrogen-bond acceptors (Lipinski definition) is 2. The quantitative estimate of drug-likeness (QED) is 0.472. The van der Waals surface area contributed by atoms with Gasteiger partial charge in [-0.1, -0.05) is 12.8 Å². The molecule has 0 aromatic rings. The molecule has 4 nitrogen and oxygen atoms in total. The average molecular weight is 207 g/mol. The zero-order valence-corrected chi connectivity index (χ0v) is 8.50. The number of aliphatic carboxylic acids is 1. The van der Waals surface area contributed by atoms with E-state index in [0.717, 1.165) is 25.7 Å². The van der Waals surface area contributed by atoms with Gasteiger partial charge in [0, 0.05) is 6.42 Å². The lowest BCUT2D eigenvalue weighted by molar-refractivity contribution is -0.137. The second-order valence-electron chi connectivity index (χ2n) is 2.99. The van der Waals surface area contributed by atoms with Crippen LogP contribution in [0.15, 0.2) is 0 Å². The van der Waals surface area contributed by atoms with Crippen molar-refractivity contribution in [3.63, 3.8) is 0 Å². The molecule has 0 radical (unpaired) electrons. The monoisotopic (exact) mass is 207 g/mol. The standard InChI is InChI=1S/C8H15O4P/c9-8(10)6-4-2-1-3-5-7-13(11)12/h1-7H2,(H-,9,10,11,12)/p+1. The van der Waals surface area contributed by atoms with Gasteiger partial charge in [0.25, 0.3) is 0 Å². The van der Waals surface area contributed by atoms with Crippen LogP contribution in [0.5, 0.6) is 0 Å². The zero-order valence-electron chi connectivity index (χ0n) is 7.61. The Hall–Kier alpha value is -0.470. The van der Waals surface area contributed by atoms with E-state index in [9.17, 15) is 9.36 Å². The van der Waals surface area contributed by atoms with Gasteiger partial charge in [0.1, 0.15) is 0 Å². The van der Waals surface area contributed by atoms with E-state index in [1.807, 2.05) is 0 Å². The Kier molecular flexibility index (Phi) is 7.85. The Morgan fingerprint density at radius 1 is 1.08 bits per heavy atom. The summed E-state index contributed by atoms with van der Waals surface area (Å²) in [4.78, 5) is 18.6. The molecule has 0 aliphatic rings. The van der Waals surface area contributed by atoms with Crippen LogP contribution in [0.25, 0.3) is 0 Å². The first kappa shape index (κ1) is 12.5. The van der Waals surface area contributed by atoms with Crippen molar-refractivity contribution in [2.45, 2.75) is 38.5 Å². The normalized spacial score (nSPS) is 11.3. The highest BCUT2D eigenvalue weighted by Crippen LogP contribution is 2.16. The predicted octanol–water partition coefficient (Wildman–Crippen LogP) is 2.15. The van der Waals surface area contributed by atoms with E-state index in [-0.39, 0.29) is 6.42 Å². The fraction of sp³-hybridized carbons (Fsp3) is 0.875. The molecule has 1 unspecified atom stereocenters. The van der Waals surface area contributed by atoms with E-state index in [4.69, 9.17) is 10.00 Å². The maximum absolute atomic E-state index is 10.2. The molecule has 1 atom stereocenters. The second kappa shape index (κ2) is 8.14. The van der Waals surface area contributed by atoms with E-state index in [2.05, 4.69) is 0 Å². The van der Waals surface area contributed by atoms with Gasteiger partial charge in [0.05, 0.1) is 0 Å². The molecule has 0 aromatic carbocycles. The number of carbonyl (C=O) groups is 1. The minimum atomic E-state index is -1.98. The predicted molar refractivity (Wildman–Crippen MR) is 50.0 cm³/mol. The number of carboxylic acids is 1. The summed E-state index contributed by atoms with van der Waals surface area (Å²) in [5, 5.41) is 8.32. The molecule has 76 valence electrons. The van der Waals surface area contributed by atoms with Gasteiger partial charge < -0.3 is 5.11 Å². The van der Waals surface area contributed by atoms with Crippen LogP contribution in [-0.4, -0.2) is 22.1 Å². The Balaban J connectivity index is 3.00. The lowest BCUT2D eigenvalue weighted by atomic mass is 10.1. The second-order valence-corrected chi connectivity index (χ2v) is 4.14. The molecule has 0 rings (SSSR count). The smallest absolute Gasteiger partial charge is 0.481 e. The van der Waals surface area contributed by atoms with Crippen molar-refractivity contribution in [1.82, 2.24) is 0 Å². The zero-order chi connectivity index (χ0) is 10.1. The van der Waals surface area contributed by atoms with Crippen molar-refractivity contribution in [2.24, 2.45) is 0 Å². The molecule has 0 saturated heterocycles. The fourth-order valence-corrected chi connectivity index (χ4v) is 1.55. The maximum Gasteiger partial charge on any atom is 0.505 e. The van der Waals surface area contributed by atoms with Crippen molar-refractivity contribution < 1.29 is 19.4 Å². The molecule has 13 heavy (non-hydrogen) atoms. The molecule has 0 fully saturated rings. The summed E-state index contributed by atoms with van der Waals surface area (Å²) in [6.45, 7) is 0. The molecule has 0 amide bonds. The Bertz CT molecular complexity index is 152. The Labute approximate surface area is 78.8 Å². The lowest BCUT2D eigenvalue weighted by Gasteiger charge is -1.95. The van der Waals surface area contributed by atoms with Crippen molar-refractivity contribution in [2.75, 3.05) is 6.16 Å². The SMILES string of the molecule is O=C(O)CCCCCCC[P+](=O)O. The van der Waals surface area contributed by atoms with Gasteiger partial charge in [-0.25, -0.2) is 0 Å². The lowest BCUT2D eigenvalue weighted by Crippen LogP contribution is -1.93. The van der Waals surface area contributed by atoms with Gasteiger partial charge in [-0.05, 0) is 23.8 Å². The molecular weight excluding hydrogens is 191 g/mol.